The van der Waals surface area contributed by atoms with Gasteiger partial charge in [-0.25, -0.2) is 4.39 Å². The largest absolute Gasteiger partial charge is 0.366 e. The molecule has 2 aromatic carbocycles. The first-order valence-corrected chi connectivity index (χ1v) is 9.26. The number of anilines is 2. The van der Waals surface area contributed by atoms with Crippen molar-refractivity contribution in [3.63, 3.8) is 0 Å². The molecule has 2 atom stereocenters. The second-order valence-electron chi connectivity index (χ2n) is 7.22. The highest BCUT2D eigenvalue weighted by molar-refractivity contribution is 5.79. The highest BCUT2D eigenvalue weighted by Crippen LogP contribution is 2.31. The Morgan fingerprint density at radius 3 is 2.65 bits per heavy atom. The van der Waals surface area contributed by atoms with E-state index >= 15 is 0 Å². The molecule has 1 heterocycles. The lowest BCUT2D eigenvalue weighted by Crippen LogP contribution is -2.34. The summed E-state index contributed by atoms with van der Waals surface area (Å²) in [6.45, 7) is 1.64. The molecule has 2 aromatic rings. The number of amides is 1. The van der Waals surface area contributed by atoms with E-state index in [1.807, 2.05) is 18.2 Å². The third-order valence-corrected chi connectivity index (χ3v) is 5.20. The van der Waals surface area contributed by atoms with E-state index in [-0.39, 0.29) is 11.9 Å². The highest BCUT2D eigenvalue weighted by atomic mass is 19.1. The van der Waals surface area contributed by atoms with Gasteiger partial charge in [0.2, 0.25) is 5.91 Å². The minimum atomic E-state index is -0.759. The molecule has 0 spiro atoms. The summed E-state index contributed by atoms with van der Waals surface area (Å²) in [6.07, 6.45) is 1.35. The zero-order valence-electron chi connectivity index (χ0n) is 14.7. The Morgan fingerprint density at radius 2 is 1.88 bits per heavy atom. The maximum absolute atomic E-state index is 13.2. The van der Waals surface area contributed by atoms with Crippen LogP contribution >= 0.6 is 0 Å². The summed E-state index contributed by atoms with van der Waals surface area (Å²) in [4.78, 5) is 14.4. The summed E-state index contributed by atoms with van der Waals surface area (Å²) in [6, 6.07) is 16.5. The third-order valence-electron chi connectivity index (χ3n) is 5.20. The summed E-state index contributed by atoms with van der Waals surface area (Å²) in [5.74, 6) is -0.0190. The van der Waals surface area contributed by atoms with Crippen LogP contribution in [0.1, 0.15) is 30.4 Å². The van der Waals surface area contributed by atoms with Crippen LogP contribution in [0.5, 0.6) is 0 Å². The number of nitrogens with zero attached hydrogens (tertiary/aromatic N) is 1. The molecule has 1 aliphatic heterocycles. The molecule has 0 bridgehead atoms. The average molecular weight is 353 g/mol. The fraction of sp³-hybridized carbons (Fsp3) is 0.381. The summed E-state index contributed by atoms with van der Waals surface area (Å²) >= 11 is 0. The molecule has 4 nitrogen and oxygen atoms in total. The van der Waals surface area contributed by atoms with E-state index in [9.17, 15) is 9.18 Å². The first kappa shape index (κ1) is 16.9. The summed E-state index contributed by atoms with van der Waals surface area (Å²) in [5, 5.41) is 6.34. The number of alkyl halides is 1. The highest BCUT2D eigenvalue weighted by Gasteiger charge is 2.25. The Morgan fingerprint density at radius 1 is 1.12 bits per heavy atom. The van der Waals surface area contributed by atoms with Crippen LogP contribution in [-0.2, 0) is 17.8 Å². The Balaban J connectivity index is 1.32. The van der Waals surface area contributed by atoms with Gasteiger partial charge in [-0.1, -0.05) is 36.4 Å². The second-order valence-corrected chi connectivity index (χ2v) is 7.22. The number of fused-ring (bicyclic) bond motifs is 1. The minimum absolute atomic E-state index is 0.000456. The van der Waals surface area contributed by atoms with E-state index in [4.69, 9.17) is 0 Å². The van der Waals surface area contributed by atoms with Crippen molar-refractivity contribution >= 4 is 17.3 Å². The molecule has 26 heavy (non-hydrogen) atoms. The predicted octanol–water partition coefficient (Wildman–Crippen LogP) is 3.63. The molecule has 2 aliphatic rings. The van der Waals surface area contributed by atoms with Gasteiger partial charge >= 0.3 is 0 Å². The molecule has 136 valence electrons. The Labute approximate surface area is 153 Å². The minimum Gasteiger partial charge on any atom is -0.366 e. The maximum atomic E-state index is 13.2. The standard InChI is InChI=1S/C21H24FN3O/c22-17-9-10-18(12-17)24-21(26)11-15-5-7-16(8-6-15)13-25-14-23-19-3-1-2-4-20(19)25/h1-8,17-18,23H,9-14H2,(H,24,26). The zero-order chi connectivity index (χ0) is 17.9. The van der Waals surface area contributed by atoms with Crippen molar-refractivity contribution in [2.75, 3.05) is 16.9 Å². The van der Waals surface area contributed by atoms with Gasteiger partial charge in [0.25, 0.3) is 0 Å². The van der Waals surface area contributed by atoms with Crippen molar-refractivity contribution in [2.45, 2.75) is 44.4 Å². The van der Waals surface area contributed by atoms with Crippen molar-refractivity contribution < 1.29 is 9.18 Å². The van der Waals surface area contributed by atoms with Crippen LogP contribution in [-0.4, -0.2) is 24.8 Å². The zero-order valence-corrected chi connectivity index (χ0v) is 14.7. The van der Waals surface area contributed by atoms with E-state index < -0.39 is 6.17 Å². The molecular formula is C21H24FN3O. The van der Waals surface area contributed by atoms with Crippen molar-refractivity contribution in [3.8, 4) is 0 Å². The van der Waals surface area contributed by atoms with Gasteiger partial charge < -0.3 is 15.5 Å². The number of benzene rings is 2. The molecule has 2 unspecified atom stereocenters. The number of para-hydroxylation sites is 2. The summed E-state index contributed by atoms with van der Waals surface area (Å²) in [5.41, 5.74) is 4.59. The number of hydrogen-bond acceptors (Lipinski definition) is 3. The number of carbonyl (C=O) groups excluding carboxylic acids is 1. The quantitative estimate of drug-likeness (QED) is 0.863. The molecule has 4 rings (SSSR count). The van der Waals surface area contributed by atoms with Crippen molar-refractivity contribution in [1.82, 2.24) is 5.32 Å². The number of rotatable bonds is 5. The van der Waals surface area contributed by atoms with Gasteiger partial charge in [0.15, 0.2) is 0 Å². The molecule has 0 aromatic heterocycles. The first-order valence-electron chi connectivity index (χ1n) is 9.26. The molecule has 5 heteroatoms. The lowest BCUT2D eigenvalue weighted by Gasteiger charge is -2.18. The van der Waals surface area contributed by atoms with Crippen molar-refractivity contribution in [2.24, 2.45) is 0 Å². The molecule has 2 N–H and O–H groups in total. The monoisotopic (exact) mass is 353 g/mol. The van der Waals surface area contributed by atoms with Crippen LogP contribution in [0.25, 0.3) is 0 Å². The molecule has 1 saturated carbocycles. The number of nitrogens with one attached hydrogen (secondary N) is 2. The van der Waals surface area contributed by atoms with Crippen molar-refractivity contribution in [1.29, 1.82) is 0 Å². The maximum Gasteiger partial charge on any atom is 0.224 e. The van der Waals surface area contributed by atoms with Gasteiger partial charge in [-0.05, 0) is 42.5 Å². The number of carbonyl (C=O) groups is 1. The van der Waals surface area contributed by atoms with E-state index in [1.165, 1.54) is 16.9 Å². The van der Waals surface area contributed by atoms with Gasteiger partial charge in [0.1, 0.15) is 6.17 Å². The number of halogens is 1. The molecule has 1 fully saturated rings. The SMILES string of the molecule is O=C(Cc1ccc(CN2CNc3ccccc32)cc1)NC1CCC(F)C1. The molecular weight excluding hydrogens is 329 g/mol. The topological polar surface area (TPSA) is 44.4 Å². The first-order chi connectivity index (χ1) is 12.7. The predicted molar refractivity (Wildman–Crippen MR) is 102 cm³/mol. The normalized spacial score (nSPS) is 21.3. The molecule has 0 radical (unpaired) electrons. The second kappa shape index (κ2) is 7.36. The lowest BCUT2D eigenvalue weighted by molar-refractivity contribution is -0.121. The van der Waals surface area contributed by atoms with Gasteiger partial charge in [-0.3, -0.25) is 4.79 Å². The van der Waals surface area contributed by atoms with Crippen LogP contribution in [0.3, 0.4) is 0 Å². The van der Waals surface area contributed by atoms with E-state index in [2.05, 4.69) is 45.9 Å². The molecule has 1 amide bonds. The van der Waals surface area contributed by atoms with Crippen LogP contribution in [0, 0.1) is 0 Å². The van der Waals surface area contributed by atoms with Crippen LogP contribution in [0.15, 0.2) is 48.5 Å². The van der Waals surface area contributed by atoms with E-state index in [0.717, 1.165) is 25.2 Å². The summed E-state index contributed by atoms with van der Waals surface area (Å²) < 4.78 is 13.2. The Bertz CT molecular complexity index is 777. The van der Waals surface area contributed by atoms with E-state index in [0.29, 0.717) is 19.3 Å². The molecule has 1 aliphatic carbocycles. The van der Waals surface area contributed by atoms with Gasteiger partial charge in [0, 0.05) is 12.6 Å². The molecule has 0 saturated heterocycles. The third kappa shape index (κ3) is 3.82. The smallest absolute Gasteiger partial charge is 0.224 e. The Kier molecular flexibility index (Phi) is 4.78. The summed E-state index contributed by atoms with van der Waals surface area (Å²) in [7, 11) is 0. The van der Waals surface area contributed by atoms with Gasteiger partial charge in [0.05, 0.1) is 24.5 Å². The lowest BCUT2D eigenvalue weighted by atomic mass is 10.1. The average Bonchev–Trinajstić information content (AvgIpc) is 3.23. The number of hydrogen-bond donors (Lipinski definition) is 2. The fourth-order valence-corrected chi connectivity index (χ4v) is 3.81. The van der Waals surface area contributed by atoms with Crippen LogP contribution < -0.4 is 15.5 Å². The van der Waals surface area contributed by atoms with Gasteiger partial charge in [-0.15, -0.1) is 0 Å². The fourth-order valence-electron chi connectivity index (χ4n) is 3.81. The van der Waals surface area contributed by atoms with E-state index in [1.54, 1.807) is 0 Å². The van der Waals surface area contributed by atoms with Crippen molar-refractivity contribution in [3.05, 3.63) is 59.7 Å². The Hall–Kier alpha value is -2.56. The van der Waals surface area contributed by atoms with Crippen LogP contribution in [0.4, 0.5) is 15.8 Å². The van der Waals surface area contributed by atoms with Gasteiger partial charge in [-0.2, -0.15) is 0 Å². The van der Waals surface area contributed by atoms with Crippen LogP contribution in [0.2, 0.25) is 0 Å².